The van der Waals surface area contributed by atoms with Gasteiger partial charge in [0.25, 0.3) is 5.91 Å². The molecule has 3 amide bonds. The van der Waals surface area contributed by atoms with Gasteiger partial charge in [0.1, 0.15) is 5.82 Å². The van der Waals surface area contributed by atoms with Crippen LogP contribution in [0, 0.1) is 0 Å². The van der Waals surface area contributed by atoms with E-state index in [0.29, 0.717) is 30.8 Å². The third-order valence-electron chi connectivity index (χ3n) is 5.10. The van der Waals surface area contributed by atoms with Crippen molar-refractivity contribution in [1.82, 2.24) is 35.1 Å². The third-order valence-corrected chi connectivity index (χ3v) is 5.10. The molecular formula is C21H25N7O2. The molecule has 1 aliphatic heterocycles. The van der Waals surface area contributed by atoms with E-state index < -0.39 is 0 Å². The Balaban J connectivity index is 1.48. The number of urea groups is 1. The average molecular weight is 407 g/mol. The van der Waals surface area contributed by atoms with Crippen LogP contribution in [-0.4, -0.2) is 55.6 Å². The van der Waals surface area contributed by atoms with E-state index >= 15 is 0 Å². The molecule has 0 aliphatic carbocycles. The van der Waals surface area contributed by atoms with Gasteiger partial charge >= 0.3 is 6.03 Å². The smallest absolute Gasteiger partial charge is 0.317 e. The number of pyridine rings is 2. The molecule has 1 aliphatic rings. The molecule has 0 bridgehead atoms. The fraction of sp³-hybridized carbons (Fsp3) is 0.381. The summed E-state index contributed by atoms with van der Waals surface area (Å²) in [6, 6.07) is 9.14. The van der Waals surface area contributed by atoms with Gasteiger partial charge in [-0.2, -0.15) is 0 Å². The lowest BCUT2D eigenvalue weighted by Crippen LogP contribution is -2.41. The highest BCUT2D eigenvalue weighted by molar-refractivity contribution is 5.94. The van der Waals surface area contributed by atoms with Crippen molar-refractivity contribution in [3.05, 3.63) is 59.8 Å². The molecule has 1 atom stereocenters. The molecule has 1 saturated heterocycles. The molecule has 9 nitrogen and oxygen atoms in total. The first-order valence-electron chi connectivity index (χ1n) is 10.1. The van der Waals surface area contributed by atoms with Gasteiger partial charge in [-0.05, 0) is 44.5 Å². The lowest BCUT2D eigenvalue weighted by molar-refractivity contribution is 0.0950. The first-order chi connectivity index (χ1) is 14.5. The quantitative estimate of drug-likeness (QED) is 0.673. The van der Waals surface area contributed by atoms with Crippen molar-refractivity contribution in [1.29, 1.82) is 0 Å². The van der Waals surface area contributed by atoms with Gasteiger partial charge in [0.15, 0.2) is 5.65 Å². The van der Waals surface area contributed by atoms with Gasteiger partial charge in [0, 0.05) is 37.4 Å². The third kappa shape index (κ3) is 4.24. The molecule has 1 fully saturated rings. The van der Waals surface area contributed by atoms with Gasteiger partial charge in [0.2, 0.25) is 0 Å². The van der Waals surface area contributed by atoms with E-state index in [1.165, 1.54) is 0 Å². The van der Waals surface area contributed by atoms with Gasteiger partial charge in [0.05, 0.1) is 17.8 Å². The summed E-state index contributed by atoms with van der Waals surface area (Å²) in [6.07, 6.45) is 4.26. The van der Waals surface area contributed by atoms with E-state index in [1.807, 2.05) is 36.4 Å². The van der Waals surface area contributed by atoms with Crippen molar-refractivity contribution in [2.45, 2.75) is 38.8 Å². The summed E-state index contributed by atoms with van der Waals surface area (Å²) < 4.78 is 1.85. The number of hydrogen-bond donors (Lipinski definition) is 2. The first-order valence-corrected chi connectivity index (χ1v) is 10.1. The van der Waals surface area contributed by atoms with Crippen molar-refractivity contribution < 1.29 is 9.59 Å². The number of nitrogens with zero attached hydrogens (tertiary/aromatic N) is 5. The van der Waals surface area contributed by atoms with Crippen molar-refractivity contribution in [2.75, 3.05) is 13.1 Å². The van der Waals surface area contributed by atoms with Crippen LogP contribution in [0.15, 0.2) is 42.7 Å². The molecule has 0 spiro atoms. The van der Waals surface area contributed by atoms with Crippen molar-refractivity contribution in [3.8, 4) is 0 Å². The molecule has 3 aromatic heterocycles. The largest absolute Gasteiger partial charge is 0.346 e. The highest BCUT2D eigenvalue weighted by atomic mass is 16.2. The summed E-state index contributed by atoms with van der Waals surface area (Å²) >= 11 is 0. The second kappa shape index (κ2) is 8.48. The molecule has 3 aromatic rings. The number of carbonyl (C=O) groups excluding carboxylic acids is 2. The molecule has 0 unspecified atom stereocenters. The fourth-order valence-corrected chi connectivity index (χ4v) is 3.59. The maximum absolute atomic E-state index is 12.6. The summed E-state index contributed by atoms with van der Waals surface area (Å²) in [5, 5.41) is 14.4. The van der Waals surface area contributed by atoms with Crippen LogP contribution in [0.5, 0.6) is 0 Å². The van der Waals surface area contributed by atoms with E-state index in [9.17, 15) is 9.59 Å². The number of carbonyl (C=O) groups is 2. The summed E-state index contributed by atoms with van der Waals surface area (Å²) in [7, 11) is 0. The highest BCUT2D eigenvalue weighted by Gasteiger charge is 2.30. The normalized spacial score (nSPS) is 16.2. The van der Waals surface area contributed by atoms with Crippen LogP contribution < -0.4 is 10.6 Å². The Labute approximate surface area is 174 Å². The molecule has 4 rings (SSSR count). The zero-order valence-corrected chi connectivity index (χ0v) is 17.1. The summed E-state index contributed by atoms with van der Waals surface area (Å²) in [5.74, 6) is 0.653. The predicted molar refractivity (Wildman–Crippen MR) is 111 cm³/mol. The highest BCUT2D eigenvalue weighted by Crippen LogP contribution is 2.26. The number of hydrogen-bond acceptors (Lipinski definition) is 5. The second-order valence-corrected chi connectivity index (χ2v) is 7.74. The Morgan fingerprint density at radius 2 is 2.07 bits per heavy atom. The zero-order chi connectivity index (χ0) is 21.1. The van der Waals surface area contributed by atoms with Gasteiger partial charge in [-0.25, -0.2) is 4.79 Å². The Kier molecular flexibility index (Phi) is 5.60. The van der Waals surface area contributed by atoms with Crippen LogP contribution in [0.4, 0.5) is 4.79 Å². The maximum Gasteiger partial charge on any atom is 0.317 e. The second-order valence-electron chi connectivity index (χ2n) is 7.74. The van der Waals surface area contributed by atoms with Crippen LogP contribution >= 0.6 is 0 Å². The van der Waals surface area contributed by atoms with Crippen molar-refractivity contribution in [3.63, 3.8) is 0 Å². The molecular weight excluding hydrogens is 382 g/mol. The number of rotatable bonds is 5. The van der Waals surface area contributed by atoms with E-state index in [-0.39, 0.29) is 23.9 Å². The minimum atomic E-state index is -0.188. The lowest BCUT2D eigenvalue weighted by atomic mass is 10.1. The molecule has 0 aromatic carbocycles. The van der Waals surface area contributed by atoms with E-state index in [0.717, 1.165) is 17.9 Å². The summed E-state index contributed by atoms with van der Waals surface area (Å²) in [5.41, 5.74) is 1.99. The molecule has 4 heterocycles. The van der Waals surface area contributed by atoms with Crippen molar-refractivity contribution in [2.24, 2.45) is 0 Å². The number of fused-ring (bicyclic) bond motifs is 1. The summed E-state index contributed by atoms with van der Waals surface area (Å²) in [4.78, 5) is 30.9. The Morgan fingerprint density at radius 3 is 2.83 bits per heavy atom. The molecule has 0 radical (unpaired) electrons. The van der Waals surface area contributed by atoms with E-state index in [2.05, 4.69) is 25.8 Å². The zero-order valence-electron chi connectivity index (χ0n) is 17.1. The van der Waals surface area contributed by atoms with Gasteiger partial charge in [-0.15, -0.1) is 10.2 Å². The maximum atomic E-state index is 12.6. The van der Waals surface area contributed by atoms with E-state index in [1.54, 1.807) is 29.4 Å². The number of nitrogens with one attached hydrogen (secondary N) is 2. The van der Waals surface area contributed by atoms with Crippen LogP contribution in [-0.2, 0) is 6.54 Å². The Bertz CT molecular complexity index is 1050. The minimum absolute atomic E-state index is 0.0593. The SMILES string of the molecule is CC(C)NC(=O)N1CC[C@@H](c2nnc3ccc(C(=O)NCc4ccccn4)cn23)C1. The van der Waals surface area contributed by atoms with Gasteiger partial charge < -0.3 is 15.5 Å². The molecule has 30 heavy (non-hydrogen) atoms. The molecule has 156 valence electrons. The topological polar surface area (TPSA) is 105 Å². The number of likely N-dealkylation sites (tertiary alicyclic amines) is 1. The molecule has 0 saturated carbocycles. The van der Waals surface area contributed by atoms with Crippen LogP contribution in [0.2, 0.25) is 0 Å². The fourth-order valence-electron chi connectivity index (χ4n) is 3.59. The minimum Gasteiger partial charge on any atom is -0.346 e. The molecule has 9 heteroatoms. The standard InChI is InChI=1S/C21H25N7O2/c1-14(2)24-21(30)27-10-8-15(12-27)19-26-25-18-7-6-16(13-28(18)19)20(29)23-11-17-5-3-4-9-22-17/h3-7,9,13-15H,8,10-12H2,1-2H3,(H,23,29)(H,24,30)/t15-/m1/s1. The number of amides is 3. The first kappa shape index (κ1) is 19.8. The summed E-state index contributed by atoms with van der Waals surface area (Å²) in [6.45, 7) is 5.49. The lowest BCUT2D eigenvalue weighted by Gasteiger charge is -2.18. The monoisotopic (exact) mass is 407 g/mol. The Morgan fingerprint density at radius 1 is 1.20 bits per heavy atom. The Hall–Kier alpha value is -3.49. The predicted octanol–water partition coefficient (Wildman–Crippen LogP) is 1.96. The van der Waals surface area contributed by atoms with Gasteiger partial charge in [-0.1, -0.05) is 6.07 Å². The van der Waals surface area contributed by atoms with Gasteiger partial charge in [-0.3, -0.25) is 14.2 Å². The average Bonchev–Trinajstić information content (AvgIpc) is 3.38. The van der Waals surface area contributed by atoms with E-state index in [4.69, 9.17) is 0 Å². The van der Waals surface area contributed by atoms with Crippen LogP contribution in [0.25, 0.3) is 5.65 Å². The molecule has 2 N–H and O–H groups in total. The van der Waals surface area contributed by atoms with Crippen LogP contribution in [0.1, 0.15) is 48.1 Å². The van der Waals surface area contributed by atoms with Crippen molar-refractivity contribution >= 4 is 17.6 Å². The number of aromatic nitrogens is 4. The van der Waals surface area contributed by atoms with Crippen LogP contribution in [0.3, 0.4) is 0 Å².